The summed E-state index contributed by atoms with van der Waals surface area (Å²) in [4.78, 5) is 12.9. The Labute approximate surface area is 120 Å². The van der Waals surface area contributed by atoms with Crippen molar-refractivity contribution in [2.45, 2.75) is 17.6 Å². The van der Waals surface area contributed by atoms with E-state index in [0.29, 0.717) is 10.6 Å². The maximum Gasteiger partial charge on any atom is 0.263 e. The molecule has 1 aromatic carbocycles. The first-order chi connectivity index (χ1) is 9.15. The maximum atomic E-state index is 12.2. The molecule has 1 fully saturated rings. The fraction of sp³-hybridized carbons (Fsp3) is 0.357. The first-order valence-electron chi connectivity index (χ1n) is 6.25. The van der Waals surface area contributed by atoms with Crippen LogP contribution in [-0.4, -0.2) is 23.5 Å². The van der Waals surface area contributed by atoms with Gasteiger partial charge in [0, 0.05) is 21.4 Å². The van der Waals surface area contributed by atoms with Crippen LogP contribution in [0.4, 0.5) is 5.69 Å². The Hall–Kier alpha value is -1.20. The molecule has 100 valence electrons. The minimum absolute atomic E-state index is 0.0426. The zero-order valence-corrected chi connectivity index (χ0v) is 12.4. The number of benzene rings is 1. The van der Waals surface area contributed by atoms with Crippen molar-refractivity contribution in [1.29, 1.82) is 0 Å². The normalized spacial score (nSPS) is 16.5. The summed E-state index contributed by atoms with van der Waals surface area (Å²) in [6.07, 6.45) is 4.49. The van der Waals surface area contributed by atoms with Crippen molar-refractivity contribution in [2.24, 2.45) is 0 Å². The number of hydrogen-bond acceptors (Lipinski definition) is 4. The van der Waals surface area contributed by atoms with Gasteiger partial charge in [-0.15, -0.1) is 11.3 Å². The minimum atomic E-state index is -0.0426. The molecular weight excluding hydrogens is 276 g/mol. The van der Waals surface area contributed by atoms with E-state index in [1.54, 1.807) is 0 Å². The molecule has 0 bridgehead atoms. The average Bonchev–Trinajstić information content (AvgIpc) is 3.15. The topological polar surface area (TPSA) is 55.1 Å². The molecule has 2 aromatic rings. The first kappa shape index (κ1) is 12.8. The van der Waals surface area contributed by atoms with Crippen LogP contribution in [0.1, 0.15) is 22.5 Å². The molecule has 0 unspecified atom stereocenters. The van der Waals surface area contributed by atoms with Gasteiger partial charge in [-0.25, -0.2) is 0 Å². The van der Waals surface area contributed by atoms with Gasteiger partial charge in [0.25, 0.3) is 5.91 Å². The minimum Gasteiger partial charge on any atom is -0.397 e. The number of nitrogens with one attached hydrogen (secondary N) is 1. The fourth-order valence-electron chi connectivity index (χ4n) is 2.15. The van der Waals surface area contributed by atoms with Crippen LogP contribution in [-0.2, 0) is 0 Å². The van der Waals surface area contributed by atoms with Crippen LogP contribution >= 0.6 is 23.1 Å². The smallest absolute Gasteiger partial charge is 0.263 e. The van der Waals surface area contributed by atoms with Crippen LogP contribution in [0.15, 0.2) is 24.3 Å². The Kier molecular flexibility index (Phi) is 3.19. The lowest BCUT2D eigenvalue weighted by atomic mass is 10.2. The molecule has 1 aliphatic carbocycles. The number of rotatable bonds is 4. The molecule has 0 atom stereocenters. The predicted octanol–water partition coefficient (Wildman–Crippen LogP) is 3.11. The van der Waals surface area contributed by atoms with Gasteiger partial charge in [-0.2, -0.15) is 11.8 Å². The zero-order chi connectivity index (χ0) is 13.5. The molecule has 3 nitrogen and oxygen atoms in total. The van der Waals surface area contributed by atoms with E-state index in [0.717, 1.165) is 16.6 Å². The van der Waals surface area contributed by atoms with Gasteiger partial charge in [-0.05, 0) is 25.2 Å². The van der Waals surface area contributed by atoms with E-state index in [2.05, 4.69) is 11.6 Å². The van der Waals surface area contributed by atoms with Crippen molar-refractivity contribution in [3.05, 3.63) is 29.1 Å². The van der Waals surface area contributed by atoms with E-state index in [9.17, 15) is 4.79 Å². The highest BCUT2D eigenvalue weighted by Gasteiger charge is 2.42. The lowest BCUT2D eigenvalue weighted by Crippen LogP contribution is -2.31. The largest absolute Gasteiger partial charge is 0.397 e. The van der Waals surface area contributed by atoms with E-state index in [-0.39, 0.29) is 10.7 Å². The highest BCUT2D eigenvalue weighted by atomic mass is 32.2. The molecule has 1 saturated carbocycles. The van der Waals surface area contributed by atoms with Gasteiger partial charge in [0.2, 0.25) is 0 Å². The number of amides is 1. The third-order valence-corrected chi connectivity index (χ3v) is 6.26. The summed E-state index contributed by atoms with van der Waals surface area (Å²) in [6.45, 7) is 0.737. The van der Waals surface area contributed by atoms with Crippen LogP contribution < -0.4 is 11.1 Å². The molecule has 0 radical (unpaired) electrons. The van der Waals surface area contributed by atoms with E-state index in [4.69, 9.17) is 5.73 Å². The van der Waals surface area contributed by atoms with E-state index < -0.39 is 0 Å². The number of carbonyl (C=O) groups is 1. The Morgan fingerprint density at radius 1 is 1.47 bits per heavy atom. The molecule has 0 saturated heterocycles. The van der Waals surface area contributed by atoms with E-state index in [1.807, 2.05) is 36.0 Å². The van der Waals surface area contributed by atoms with Crippen molar-refractivity contribution in [3.8, 4) is 0 Å². The Balaban J connectivity index is 1.80. The predicted molar refractivity (Wildman–Crippen MR) is 84.1 cm³/mol. The highest BCUT2D eigenvalue weighted by Crippen LogP contribution is 2.46. The molecule has 1 amide bonds. The summed E-state index contributed by atoms with van der Waals surface area (Å²) in [7, 11) is 0. The van der Waals surface area contributed by atoms with Crippen LogP contribution in [0.3, 0.4) is 0 Å². The number of carbonyl (C=O) groups excluding carboxylic acids is 1. The van der Waals surface area contributed by atoms with Crippen molar-refractivity contribution in [2.75, 3.05) is 18.5 Å². The second-order valence-electron chi connectivity index (χ2n) is 4.91. The van der Waals surface area contributed by atoms with E-state index in [1.165, 1.54) is 24.2 Å². The van der Waals surface area contributed by atoms with Gasteiger partial charge in [0.15, 0.2) is 0 Å². The third kappa shape index (κ3) is 2.32. The van der Waals surface area contributed by atoms with Gasteiger partial charge in [0.05, 0.1) is 5.69 Å². The SMILES string of the molecule is CSC1(CNC(=O)c2sc3ccccc3c2N)CC1. The number of hydrogen-bond donors (Lipinski definition) is 2. The van der Waals surface area contributed by atoms with Crippen LogP contribution in [0, 0.1) is 0 Å². The number of fused-ring (bicyclic) bond motifs is 1. The molecular formula is C14H16N2OS2. The molecule has 3 rings (SSSR count). The quantitative estimate of drug-likeness (QED) is 0.910. The standard InChI is InChI=1S/C14H16N2OS2/c1-18-14(6-7-14)8-16-13(17)12-11(15)9-4-2-3-5-10(9)19-12/h2-5H,6-8,15H2,1H3,(H,16,17). The molecule has 1 aliphatic rings. The molecule has 0 spiro atoms. The summed E-state index contributed by atoms with van der Waals surface area (Å²) in [5.41, 5.74) is 6.68. The van der Waals surface area contributed by atoms with Crippen LogP contribution in [0.2, 0.25) is 0 Å². The van der Waals surface area contributed by atoms with Crippen molar-refractivity contribution >= 4 is 44.8 Å². The number of anilines is 1. The highest BCUT2D eigenvalue weighted by molar-refractivity contribution is 8.00. The Bertz CT molecular complexity index is 631. The van der Waals surface area contributed by atoms with Gasteiger partial charge in [0.1, 0.15) is 4.88 Å². The number of nitrogens with two attached hydrogens (primary N) is 1. The van der Waals surface area contributed by atoms with Gasteiger partial charge >= 0.3 is 0 Å². The second kappa shape index (κ2) is 4.72. The third-order valence-electron chi connectivity index (χ3n) is 3.65. The number of thioether (sulfide) groups is 1. The van der Waals surface area contributed by atoms with Crippen LogP contribution in [0.25, 0.3) is 10.1 Å². The van der Waals surface area contributed by atoms with Crippen molar-refractivity contribution in [3.63, 3.8) is 0 Å². The summed E-state index contributed by atoms with van der Waals surface area (Å²) in [5, 5.41) is 4.00. The molecule has 1 aromatic heterocycles. The zero-order valence-electron chi connectivity index (χ0n) is 10.7. The van der Waals surface area contributed by atoms with Crippen molar-refractivity contribution in [1.82, 2.24) is 5.32 Å². The second-order valence-corrected chi connectivity index (χ2v) is 7.24. The van der Waals surface area contributed by atoms with Crippen molar-refractivity contribution < 1.29 is 4.79 Å². The lowest BCUT2D eigenvalue weighted by molar-refractivity contribution is 0.0958. The summed E-state index contributed by atoms with van der Waals surface area (Å²) < 4.78 is 1.34. The molecule has 3 N–H and O–H groups in total. The molecule has 19 heavy (non-hydrogen) atoms. The van der Waals surface area contributed by atoms with Gasteiger partial charge < -0.3 is 11.1 Å². The van der Waals surface area contributed by atoms with Gasteiger partial charge in [-0.3, -0.25) is 4.79 Å². The first-order valence-corrected chi connectivity index (χ1v) is 8.30. The summed E-state index contributed by atoms with van der Waals surface area (Å²) in [5.74, 6) is -0.0426. The summed E-state index contributed by atoms with van der Waals surface area (Å²) in [6, 6.07) is 7.87. The Morgan fingerprint density at radius 2 is 2.21 bits per heavy atom. The maximum absolute atomic E-state index is 12.2. The Morgan fingerprint density at radius 3 is 2.84 bits per heavy atom. The average molecular weight is 292 g/mol. The molecule has 5 heteroatoms. The number of nitrogen functional groups attached to an aromatic ring is 1. The molecule has 1 heterocycles. The lowest BCUT2D eigenvalue weighted by Gasteiger charge is -2.12. The number of thiophene rings is 1. The van der Waals surface area contributed by atoms with Crippen LogP contribution in [0.5, 0.6) is 0 Å². The van der Waals surface area contributed by atoms with Gasteiger partial charge in [-0.1, -0.05) is 18.2 Å². The molecule has 0 aliphatic heterocycles. The monoisotopic (exact) mass is 292 g/mol. The summed E-state index contributed by atoms with van der Waals surface area (Å²) >= 11 is 3.31. The fourth-order valence-corrected chi connectivity index (χ4v) is 3.91. The van der Waals surface area contributed by atoms with E-state index >= 15 is 0 Å².